The number of hydrogen-bond donors (Lipinski definition) is 1. The van der Waals surface area contributed by atoms with Gasteiger partial charge in [0.25, 0.3) is 5.91 Å². The third-order valence-electron chi connectivity index (χ3n) is 5.02. The van der Waals surface area contributed by atoms with Crippen LogP contribution in [0, 0.1) is 6.92 Å². The van der Waals surface area contributed by atoms with Crippen LogP contribution in [0.3, 0.4) is 0 Å². The second-order valence-corrected chi connectivity index (χ2v) is 9.16. The summed E-state index contributed by atoms with van der Waals surface area (Å²) in [5, 5.41) is 3.17. The molecule has 0 radical (unpaired) electrons. The highest BCUT2D eigenvalue weighted by Crippen LogP contribution is 2.35. The first-order valence-corrected chi connectivity index (χ1v) is 11.7. The van der Waals surface area contributed by atoms with Crippen LogP contribution in [0.4, 0.5) is 18.9 Å². The Morgan fingerprint density at radius 1 is 1.06 bits per heavy atom. The molecule has 0 aliphatic carbocycles. The van der Waals surface area contributed by atoms with Crippen molar-refractivity contribution in [2.75, 3.05) is 19.0 Å². The lowest BCUT2D eigenvalue weighted by molar-refractivity contribution is -0.158. The molecular formula is C25H25F3N2O5S. The minimum atomic E-state index is -4.44. The van der Waals surface area contributed by atoms with Crippen molar-refractivity contribution < 1.29 is 37.0 Å². The van der Waals surface area contributed by atoms with Gasteiger partial charge in [0, 0.05) is 17.3 Å². The minimum absolute atomic E-state index is 0.196. The first-order chi connectivity index (χ1) is 16.9. The summed E-state index contributed by atoms with van der Waals surface area (Å²) in [6.07, 6.45) is -4.44. The van der Waals surface area contributed by atoms with Crippen LogP contribution < -0.4 is 14.8 Å². The summed E-state index contributed by atoms with van der Waals surface area (Å²) in [4.78, 5) is 29.8. The number of thiazole rings is 1. The van der Waals surface area contributed by atoms with Crippen LogP contribution in [0.5, 0.6) is 11.5 Å². The van der Waals surface area contributed by atoms with E-state index >= 15 is 0 Å². The zero-order valence-electron chi connectivity index (χ0n) is 20.3. The molecule has 1 N–H and O–H groups in total. The monoisotopic (exact) mass is 522 g/mol. The van der Waals surface area contributed by atoms with Crippen LogP contribution in [-0.4, -0.2) is 36.2 Å². The number of esters is 1. The number of aromatic nitrogens is 1. The molecular weight excluding hydrogens is 497 g/mol. The maximum atomic E-state index is 13.0. The normalized spacial score (nSPS) is 11.7. The molecule has 0 bridgehead atoms. The highest BCUT2D eigenvalue weighted by Gasteiger charge is 2.33. The molecule has 11 heteroatoms. The third-order valence-corrected chi connectivity index (χ3v) is 6.22. The summed E-state index contributed by atoms with van der Waals surface area (Å²) in [6.45, 7) is 6.64. The van der Waals surface area contributed by atoms with E-state index in [1.54, 1.807) is 39.8 Å². The Kier molecular flexibility index (Phi) is 7.92. The molecule has 36 heavy (non-hydrogen) atoms. The van der Waals surface area contributed by atoms with Crippen molar-refractivity contribution in [1.29, 1.82) is 0 Å². The van der Waals surface area contributed by atoms with Crippen molar-refractivity contribution in [3.63, 3.8) is 0 Å². The van der Waals surface area contributed by atoms with Crippen LogP contribution in [0.25, 0.3) is 10.6 Å². The Morgan fingerprint density at radius 3 is 2.31 bits per heavy atom. The van der Waals surface area contributed by atoms with E-state index in [1.807, 2.05) is 0 Å². The highest BCUT2D eigenvalue weighted by atomic mass is 32.1. The molecule has 3 rings (SSSR count). The number of halogens is 3. The number of hydrogen-bond acceptors (Lipinski definition) is 7. The maximum Gasteiger partial charge on any atom is 0.416 e. The largest absolute Gasteiger partial charge is 0.493 e. The van der Waals surface area contributed by atoms with Gasteiger partial charge in [0.15, 0.2) is 17.1 Å². The molecule has 1 amide bonds. The Morgan fingerprint density at radius 2 is 1.72 bits per heavy atom. The predicted molar refractivity (Wildman–Crippen MR) is 130 cm³/mol. The number of benzene rings is 2. The van der Waals surface area contributed by atoms with Crippen LogP contribution in [0.2, 0.25) is 0 Å². The van der Waals surface area contributed by atoms with Crippen LogP contribution in [0.15, 0.2) is 42.5 Å². The molecule has 1 heterocycles. The smallest absolute Gasteiger partial charge is 0.416 e. The fourth-order valence-electron chi connectivity index (χ4n) is 3.18. The van der Waals surface area contributed by atoms with Crippen molar-refractivity contribution >= 4 is 28.9 Å². The molecule has 3 aromatic rings. The van der Waals surface area contributed by atoms with Crippen molar-refractivity contribution in [3.05, 3.63) is 58.6 Å². The lowest BCUT2D eigenvalue weighted by Crippen LogP contribution is -2.39. The molecule has 0 saturated carbocycles. The summed E-state index contributed by atoms with van der Waals surface area (Å²) in [5.41, 5.74) is -0.797. The van der Waals surface area contributed by atoms with Crippen molar-refractivity contribution in [1.82, 2.24) is 4.98 Å². The number of anilines is 1. The van der Waals surface area contributed by atoms with Crippen molar-refractivity contribution in [3.8, 4) is 22.1 Å². The SMILES string of the molecule is CCOC(=O)C(C)(C)Oc1cc(NC(=O)c2sc(-c3ccc(C(F)(F)F)cc3)nc2C)ccc1OC. The summed E-state index contributed by atoms with van der Waals surface area (Å²) < 4.78 is 54.7. The van der Waals surface area contributed by atoms with E-state index in [0.717, 1.165) is 23.5 Å². The summed E-state index contributed by atoms with van der Waals surface area (Å²) in [6, 6.07) is 9.30. The zero-order valence-corrected chi connectivity index (χ0v) is 21.1. The Labute approximate surface area is 210 Å². The van der Waals surface area contributed by atoms with Crippen LogP contribution >= 0.6 is 11.3 Å². The van der Waals surface area contributed by atoms with Gasteiger partial charge in [0.05, 0.1) is 25.0 Å². The average molecular weight is 523 g/mol. The molecule has 7 nitrogen and oxygen atoms in total. The number of carbonyl (C=O) groups excluding carboxylic acids is 2. The highest BCUT2D eigenvalue weighted by molar-refractivity contribution is 7.17. The fourth-order valence-corrected chi connectivity index (χ4v) is 4.14. The lowest BCUT2D eigenvalue weighted by atomic mass is 10.1. The van der Waals surface area contributed by atoms with Gasteiger partial charge in [-0.15, -0.1) is 11.3 Å². The second kappa shape index (κ2) is 10.6. The summed E-state index contributed by atoms with van der Waals surface area (Å²) in [5.74, 6) is -0.440. The Hall–Kier alpha value is -3.60. The Bertz CT molecular complexity index is 1250. The molecule has 0 atom stereocenters. The number of rotatable bonds is 8. The second-order valence-electron chi connectivity index (χ2n) is 8.16. The van der Waals surface area contributed by atoms with Crippen molar-refractivity contribution in [2.45, 2.75) is 39.5 Å². The van der Waals surface area contributed by atoms with Crippen molar-refractivity contribution in [2.24, 2.45) is 0 Å². The van der Waals surface area contributed by atoms with Gasteiger partial charge in [-0.05, 0) is 52.0 Å². The number of nitrogens with zero attached hydrogens (tertiary/aromatic N) is 1. The minimum Gasteiger partial charge on any atom is -0.493 e. The number of methoxy groups -OCH3 is 1. The van der Waals surface area contributed by atoms with Gasteiger partial charge in [-0.25, -0.2) is 9.78 Å². The van der Waals surface area contributed by atoms with Crippen LogP contribution in [-0.2, 0) is 15.7 Å². The van der Waals surface area contributed by atoms with E-state index in [2.05, 4.69) is 10.3 Å². The lowest BCUT2D eigenvalue weighted by Gasteiger charge is -2.25. The zero-order chi connectivity index (χ0) is 26.7. The molecule has 0 aliphatic heterocycles. The van der Waals surface area contributed by atoms with E-state index < -0.39 is 29.2 Å². The molecule has 0 spiro atoms. The van der Waals surface area contributed by atoms with Gasteiger partial charge in [0.1, 0.15) is 9.88 Å². The number of amides is 1. The standard InChI is InChI=1S/C25H25F3N2O5S/c1-6-34-23(32)24(3,4)35-19-13-17(11-12-18(19)33-5)30-21(31)20-14(2)29-22(36-20)15-7-9-16(10-8-15)25(26,27)28/h7-13H,6H2,1-5H3,(H,30,31). The topological polar surface area (TPSA) is 86.8 Å². The molecule has 0 fully saturated rings. The average Bonchev–Trinajstić information content (AvgIpc) is 3.20. The summed E-state index contributed by atoms with van der Waals surface area (Å²) >= 11 is 1.06. The number of nitrogens with one attached hydrogen (secondary N) is 1. The first-order valence-electron chi connectivity index (χ1n) is 10.9. The summed E-state index contributed by atoms with van der Waals surface area (Å²) in [7, 11) is 1.45. The van der Waals surface area contributed by atoms with Gasteiger partial charge in [-0.1, -0.05) is 12.1 Å². The number of ether oxygens (including phenoxy) is 3. The molecule has 2 aromatic carbocycles. The molecule has 0 aliphatic rings. The van der Waals surface area contributed by atoms with E-state index in [4.69, 9.17) is 14.2 Å². The number of aryl methyl sites for hydroxylation is 1. The Balaban J connectivity index is 1.81. The van der Waals surface area contributed by atoms with Gasteiger partial charge in [-0.3, -0.25) is 4.79 Å². The molecule has 192 valence electrons. The number of alkyl halides is 3. The molecule has 1 aromatic heterocycles. The van der Waals surface area contributed by atoms with Gasteiger partial charge < -0.3 is 19.5 Å². The third kappa shape index (κ3) is 6.14. The van der Waals surface area contributed by atoms with E-state index in [1.165, 1.54) is 25.3 Å². The molecule has 0 saturated heterocycles. The predicted octanol–water partition coefficient (Wildman–Crippen LogP) is 6.12. The van der Waals surface area contributed by atoms with Gasteiger partial charge in [0.2, 0.25) is 0 Å². The van der Waals surface area contributed by atoms with E-state index in [9.17, 15) is 22.8 Å². The fraction of sp³-hybridized carbons (Fsp3) is 0.320. The number of carbonyl (C=O) groups is 2. The van der Waals surface area contributed by atoms with E-state index in [0.29, 0.717) is 32.6 Å². The first kappa shape index (κ1) is 27.0. The quantitative estimate of drug-likeness (QED) is 0.359. The van der Waals surface area contributed by atoms with Gasteiger partial charge in [-0.2, -0.15) is 13.2 Å². The molecule has 0 unspecified atom stereocenters. The van der Waals surface area contributed by atoms with E-state index in [-0.39, 0.29) is 12.4 Å². The maximum absolute atomic E-state index is 13.0. The van der Waals surface area contributed by atoms with Crippen LogP contribution in [0.1, 0.15) is 41.7 Å². The van der Waals surface area contributed by atoms with Gasteiger partial charge >= 0.3 is 12.1 Å².